The molecule has 1 unspecified atom stereocenters. The van der Waals surface area contributed by atoms with E-state index in [1.165, 1.54) is 18.2 Å². The average Bonchev–Trinajstić information content (AvgIpc) is 3.46. The fraction of sp³-hybridized carbons (Fsp3) is 0.300. The molecule has 0 aliphatic carbocycles. The molecular weight excluding hydrogens is 498 g/mol. The minimum atomic E-state index is -0.0171. The molecule has 2 aromatic carbocycles. The molecule has 1 aliphatic rings. The zero-order valence-corrected chi connectivity index (χ0v) is 23.1. The molecule has 0 spiro atoms. The number of amides is 1. The van der Waals surface area contributed by atoms with Crippen LogP contribution in [0.5, 0.6) is 5.75 Å². The number of rotatable bonds is 12. The first kappa shape index (κ1) is 26.9. The lowest BCUT2D eigenvalue weighted by Crippen LogP contribution is -2.33. The third-order valence-corrected chi connectivity index (χ3v) is 7.78. The highest BCUT2D eigenvalue weighted by atomic mass is 32.2. The summed E-state index contributed by atoms with van der Waals surface area (Å²) in [5.74, 6) is 1.21. The zero-order chi connectivity index (χ0) is 26.2. The van der Waals surface area contributed by atoms with Crippen molar-refractivity contribution in [2.45, 2.75) is 39.5 Å². The van der Waals surface area contributed by atoms with Gasteiger partial charge in [-0.1, -0.05) is 87.9 Å². The van der Waals surface area contributed by atoms with E-state index in [1.807, 2.05) is 71.6 Å². The molecule has 1 aliphatic heterocycles. The Morgan fingerprint density at radius 1 is 1.14 bits per heavy atom. The normalized spacial score (nSPS) is 15.4. The molecule has 0 bridgehead atoms. The van der Waals surface area contributed by atoms with Crippen molar-refractivity contribution in [1.82, 2.24) is 14.7 Å². The number of thiocarbonyl (C=S) groups is 1. The van der Waals surface area contributed by atoms with E-state index >= 15 is 0 Å². The maximum absolute atomic E-state index is 13.4. The summed E-state index contributed by atoms with van der Waals surface area (Å²) in [7, 11) is 0. The van der Waals surface area contributed by atoms with Gasteiger partial charge >= 0.3 is 0 Å². The van der Waals surface area contributed by atoms with Gasteiger partial charge in [0, 0.05) is 23.9 Å². The smallest absolute Gasteiger partial charge is 0.266 e. The number of unbranched alkanes of at least 4 members (excludes halogenated alkanes) is 1. The number of hydrogen-bond acceptors (Lipinski definition) is 5. The second kappa shape index (κ2) is 12.9. The summed E-state index contributed by atoms with van der Waals surface area (Å²) in [4.78, 5) is 15.8. The molecule has 0 radical (unpaired) electrons. The van der Waals surface area contributed by atoms with E-state index in [4.69, 9.17) is 22.1 Å². The molecule has 1 fully saturated rings. The number of thioether (sulfide) groups is 1. The summed E-state index contributed by atoms with van der Waals surface area (Å²) in [6.07, 6.45) is 10.1. The quantitative estimate of drug-likeness (QED) is 0.137. The highest BCUT2D eigenvalue weighted by molar-refractivity contribution is 8.26. The van der Waals surface area contributed by atoms with E-state index in [2.05, 4.69) is 20.4 Å². The van der Waals surface area contributed by atoms with Crippen molar-refractivity contribution in [3.05, 3.63) is 83.9 Å². The SMILES string of the molecule is C=CCOc1ccc(-c2nn(-c3ccccc3)cc2/C=C2/SC(=S)N(CC(CC)CCCC)C2=O)cc1. The Morgan fingerprint density at radius 3 is 2.57 bits per heavy atom. The number of ether oxygens (including phenoxy) is 1. The highest BCUT2D eigenvalue weighted by Crippen LogP contribution is 2.36. The van der Waals surface area contributed by atoms with Crippen molar-refractivity contribution >= 4 is 40.3 Å². The summed E-state index contributed by atoms with van der Waals surface area (Å²) in [5.41, 5.74) is 3.54. The lowest BCUT2D eigenvalue weighted by atomic mass is 9.99. The molecule has 3 aromatic rings. The minimum absolute atomic E-state index is 0.0171. The lowest BCUT2D eigenvalue weighted by molar-refractivity contribution is -0.122. The van der Waals surface area contributed by atoms with Gasteiger partial charge in [0.05, 0.1) is 16.3 Å². The zero-order valence-electron chi connectivity index (χ0n) is 21.4. The van der Waals surface area contributed by atoms with Gasteiger partial charge in [0.25, 0.3) is 5.91 Å². The first-order chi connectivity index (χ1) is 18.0. The number of hydrogen-bond donors (Lipinski definition) is 0. The summed E-state index contributed by atoms with van der Waals surface area (Å²) >= 11 is 7.01. The van der Waals surface area contributed by atoms with Crippen LogP contribution in [0.1, 0.15) is 45.1 Å². The molecule has 4 rings (SSSR count). The molecule has 2 heterocycles. The minimum Gasteiger partial charge on any atom is -0.490 e. The molecular formula is C30H33N3O2S2. The average molecular weight is 532 g/mol. The first-order valence-corrected chi connectivity index (χ1v) is 14.0. The molecule has 5 nitrogen and oxygen atoms in total. The van der Waals surface area contributed by atoms with Crippen molar-refractivity contribution in [1.29, 1.82) is 0 Å². The van der Waals surface area contributed by atoms with Crippen LogP contribution in [0, 0.1) is 5.92 Å². The van der Waals surface area contributed by atoms with E-state index in [1.54, 1.807) is 11.0 Å². The van der Waals surface area contributed by atoms with Crippen molar-refractivity contribution < 1.29 is 9.53 Å². The number of carbonyl (C=O) groups excluding carboxylic acids is 1. The predicted octanol–water partition coefficient (Wildman–Crippen LogP) is 7.52. The lowest BCUT2D eigenvalue weighted by Gasteiger charge is -2.21. The Morgan fingerprint density at radius 2 is 1.89 bits per heavy atom. The van der Waals surface area contributed by atoms with Crippen molar-refractivity contribution in [2.24, 2.45) is 5.92 Å². The van der Waals surface area contributed by atoms with Crippen LogP contribution in [0.2, 0.25) is 0 Å². The summed E-state index contributed by atoms with van der Waals surface area (Å²) in [5, 5.41) is 4.89. The summed E-state index contributed by atoms with van der Waals surface area (Å²) in [6.45, 7) is 9.21. The number of aromatic nitrogens is 2. The van der Waals surface area contributed by atoms with Gasteiger partial charge in [-0.3, -0.25) is 9.69 Å². The summed E-state index contributed by atoms with van der Waals surface area (Å²) in [6, 6.07) is 17.8. The molecule has 0 N–H and O–H groups in total. The van der Waals surface area contributed by atoms with Gasteiger partial charge in [-0.15, -0.1) is 0 Å². The first-order valence-electron chi connectivity index (χ1n) is 12.8. The van der Waals surface area contributed by atoms with Crippen LogP contribution in [0.4, 0.5) is 0 Å². The van der Waals surface area contributed by atoms with Crippen LogP contribution in [-0.4, -0.2) is 38.1 Å². The molecule has 0 saturated carbocycles. The van der Waals surface area contributed by atoms with Crippen molar-refractivity contribution in [3.8, 4) is 22.7 Å². The fourth-order valence-corrected chi connectivity index (χ4v) is 5.53. The third kappa shape index (κ3) is 6.59. The Hall–Kier alpha value is -3.16. The Balaban J connectivity index is 1.66. The van der Waals surface area contributed by atoms with Gasteiger partial charge in [0.15, 0.2) is 0 Å². The Bertz CT molecular complexity index is 1270. The second-order valence-electron chi connectivity index (χ2n) is 9.05. The molecule has 1 atom stereocenters. The number of carbonyl (C=O) groups is 1. The van der Waals surface area contributed by atoms with Gasteiger partial charge in [0.2, 0.25) is 0 Å². The second-order valence-corrected chi connectivity index (χ2v) is 10.7. The molecule has 37 heavy (non-hydrogen) atoms. The number of nitrogens with zero attached hydrogens (tertiary/aromatic N) is 3. The largest absolute Gasteiger partial charge is 0.490 e. The third-order valence-electron chi connectivity index (χ3n) is 6.40. The van der Waals surface area contributed by atoms with Crippen LogP contribution in [0.25, 0.3) is 23.0 Å². The Kier molecular flexibility index (Phi) is 9.36. The van der Waals surface area contributed by atoms with E-state index in [0.29, 0.717) is 28.3 Å². The van der Waals surface area contributed by atoms with Crippen LogP contribution < -0.4 is 4.74 Å². The molecule has 1 saturated heterocycles. The van der Waals surface area contributed by atoms with Crippen LogP contribution in [0.15, 0.2) is 78.4 Å². The highest BCUT2D eigenvalue weighted by Gasteiger charge is 2.33. The van der Waals surface area contributed by atoms with Gasteiger partial charge in [0.1, 0.15) is 16.7 Å². The fourth-order valence-electron chi connectivity index (χ4n) is 4.27. The monoisotopic (exact) mass is 531 g/mol. The van der Waals surface area contributed by atoms with Gasteiger partial charge < -0.3 is 4.74 Å². The molecule has 7 heteroatoms. The van der Waals surface area contributed by atoms with E-state index in [9.17, 15) is 4.79 Å². The van der Waals surface area contributed by atoms with Crippen LogP contribution in [-0.2, 0) is 4.79 Å². The van der Waals surface area contributed by atoms with Crippen LogP contribution in [0.3, 0.4) is 0 Å². The van der Waals surface area contributed by atoms with Gasteiger partial charge in [-0.2, -0.15) is 5.10 Å². The van der Waals surface area contributed by atoms with Crippen molar-refractivity contribution in [2.75, 3.05) is 13.2 Å². The van der Waals surface area contributed by atoms with Gasteiger partial charge in [-0.25, -0.2) is 4.68 Å². The van der Waals surface area contributed by atoms with Crippen LogP contribution >= 0.6 is 24.0 Å². The number of para-hydroxylation sites is 1. The Labute approximate surface area is 229 Å². The maximum Gasteiger partial charge on any atom is 0.266 e. The number of benzene rings is 2. The summed E-state index contributed by atoms with van der Waals surface area (Å²) < 4.78 is 8.12. The molecule has 1 amide bonds. The standard InChI is InChI=1S/C30H33N3O2S2/c1-4-7-11-22(6-3)20-32-29(34)27(37-30(32)36)19-24-21-33(25-12-9-8-10-13-25)31-28(24)23-14-16-26(17-15-23)35-18-5-2/h5,8-10,12-17,19,21-22H,2,4,6-7,11,18,20H2,1,3H3/b27-19+. The van der Waals surface area contributed by atoms with Crippen molar-refractivity contribution in [3.63, 3.8) is 0 Å². The van der Waals surface area contributed by atoms with E-state index in [0.717, 1.165) is 47.5 Å². The predicted molar refractivity (Wildman–Crippen MR) is 158 cm³/mol. The van der Waals surface area contributed by atoms with E-state index in [-0.39, 0.29) is 5.91 Å². The van der Waals surface area contributed by atoms with Gasteiger partial charge in [-0.05, 0) is 54.8 Å². The molecule has 1 aromatic heterocycles. The topological polar surface area (TPSA) is 47.4 Å². The molecule has 192 valence electrons. The van der Waals surface area contributed by atoms with E-state index < -0.39 is 0 Å². The maximum atomic E-state index is 13.4.